The number of ether oxygens (including phenoxy) is 3. The minimum absolute atomic E-state index is 0.0212. The maximum absolute atomic E-state index is 12.6. The van der Waals surface area contributed by atoms with Crippen LogP contribution in [0.3, 0.4) is 0 Å². The average molecular weight is 388 g/mol. The molecule has 0 fully saturated rings. The van der Waals surface area contributed by atoms with E-state index in [0.717, 1.165) is 4.31 Å². The first kappa shape index (κ1) is 22.5. The van der Waals surface area contributed by atoms with Crippen LogP contribution in [0.25, 0.3) is 0 Å². The Balaban J connectivity index is 2.80. The van der Waals surface area contributed by atoms with Gasteiger partial charge in [-0.05, 0) is 30.5 Å². The molecule has 0 heterocycles. The second kappa shape index (κ2) is 10.6. The van der Waals surface area contributed by atoms with Gasteiger partial charge in [-0.25, -0.2) is 8.42 Å². The highest BCUT2D eigenvalue weighted by atomic mass is 32.2. The van der Waals surface area contributed by atoms with Gasteiger partial charge >= 0.3 is 5.97 Å². The fourth-order valence-corrected chi connectivity index (χ4v) is 3.18. The second-order valence-corrected chi connectivity index (χ2v) is 7.96. The van der Waals surface area contributed by atoms with E-state index in [4.69, 9.17) is 19.9 Å². The Hall–Kier alpha value is -1.52. The molecule has 0 unspecified atom stereocenters. The summed E-state index contributed by atoms with van der Waals surface area (Å²) in [5, 5.41) is 0. The van der Waals surface area contributed by atoms with E-state index in [0.29, 0.717) is 12.2 Å². The highest BCUT2D eigenvalue weighted by molar-refractivity contribution is 7.89. The van der Waals surface area contributed by atoms with Gasteiger partial charge in [0, 0.05) is 13.7 Å². The zero-order chi connectivity index (χ0) is 19.7. The van der Waals surface area contributed by atoms with Gasteiger partial charge < -0.3 is 19.9 Å². The third-order valence-electron chi connectivity index (χ3n) is 3.65. The van der Waals surface area contributed by atoms with E-state index < -0.39 is 22.0 Å². The molecular weight excluding hydrogens is 360 g/mol. The predicted octanol–water partition coefficient (Wildman–Crippen LogP) is 1.30. The molecule has 26 heavy (non-hydrogen) atoms. The summed E-state index contributed by atoms with van der Waals surface area (Å²) in [4.78, 5) is 11.9. The monoisotopic (exact) mass is 388 g/mol. The summed E-state index contributed by atoms with van der Waals surface area (Å²) in [6, 6.07) is 5.40. The number of esters is 1. The zero-order valence-electron chi connectivity index (χ0n) is 15.7. The molecular formula is C17H28N2O6S. The largest absolute Gasteiger partial charge is 0.460 e. The molecule has 2 N–H and O–H groups in total. The molecule has 1 atom stereocenters. The number of benzene rings is 1. The van der Waals surface area contributed by atoms with Crippen molar-refractivity contribution < 1.29 is 27.4 Å². The fourth-order valence-electron chi connectivity index (χ4n) is 1.94. The van der Waals surface area contributed by atoms with Crippen molar-refractivity contribution in [1.29, 1.82) is 0 Å². The first-order valence-corrected chi connectivity index (χ1v) is 9.76. The van der Waals surface area contributed by atoms with Gasteiger partial charge in [-0.15, -0.1) is 4.31 Å². The fraction of sp³-hybridized carbons (Fsp3) is 0.588. The summed E-state index contributed by atoms with van der Waals surface area (Å²) in [5.74, 6) is -0.508. The number of methoxy groups -OCH3 is 1. The molecule has 0 aliphatic carbocycles. The van der Waals surface area contributed by atoms with Gasteiger partial charge in [0.2, 0.25) is 10.0 Å². The van der Waals surface area contributed by atoms with Gasteiger partial charge in [0.25, 0.3) is 0 Å². The van der Waals surface area contributed by atoms with Crippen molar-refractivity contribution in [3.63, 3.8) is 0 Å². The van der Waals surface area contributed by atoms with Gasteiger partial charge in [0.1, 0.15) is 26.1 Å². The summed E-state index contributed by atoms with van der Waals surface area (Å²) in [6.07, 6.45) is 0. The van der Waals surface area contributed by atoms with Crippen molar-refractivity contribution in [2.45, 2.75) is 38.3 Å². The van der Waals surface area contributed by atoms with E-state index in [1.165, 1.54) is 19.2 Å². The van der Waals surface area contributed by atoms with Crippen molar-refractivity contribution in [2.75, 3.05) is 27.2 Å². The quantitative estimate of drug-likeness (QED) is 0.450. The molecule has 0 saturated carbocycles. The molecule has 1 aromatic carbocycles. The molecule has 0 aromatic heterocycles. The Kier molecular flexibility index (Phi) is 9.17. The third kappa shape index (κ3) is 6.33. The van der Waals surface area contributed by atoms with Crippen LogP contribution in [-0.4, -0.2) is 51.9 Å². The number of sulfonamides is 1. The molecule has 0 spiro atoms. The van der Waals surface area contributed by atoms with E-state index in [9.17, 15) is 13.2 Å². The van der Waals surface area contributed by atoms with Crippen LogP contribution in [0.2, 0.25) is 0 Å². The lowest BCUT2D eigenvalue weighted by molar-refractivity contribution is -0.147. The highest BCUT2D eigenvalue weighted by Gasteiger charge is 2.24. The molecule has 148 valence electrons. The Morgan fingerprint density at radius 3 is 2.31 bits per heavy atom. The van der Waals surface area contributed by atoms with Gasteiger partial charge in [0.15, 0.2) is 0 Å². The average Bonchev–Trinajstić information content (AvgIpc) is 2.62. The van der Waals surface area contributed by atoms with Gasteiger partial charge in [-0.2, -0.15) is 0 Å². The molecule has 0 bridgehead atoms. The maximum Gasteiger partial charge on any atom is 0.323 e. The van der Waals surface area contributed by atoms with Crippen molar-refractivity contribution in [3.8, 4) is 0 Å². The summed E-state index contributed by atoms with van der Waals surface area (Å²) in [6.45, 7) is 5.64. The maximum atomic E-state index is 12.6. The summed E-state index contributed by atoms with van der Waals surface area (Å²) in [7, 11) is -2.34. The number of carbonyl (C=O) groups is 1. The molecule has 0 saturated heterocycles. The lowest BCUT2D eigenvalue weighted by atomic mass is 10.1. The van der Waals surface area contributed by atoms with E-state index in [-0.39, 0.29) is 30.9 Å². The molecule has 1 rings (SSSR count). The lowest BCUT2D eigenvalue weighted by Gasteiger charge is -2.21. The Morgan fingerprint density at radius 1 is 1.19 bits per heavy atom. The Labute approximate surface area is 155 Å². The first-order chi connectivity index (χ1) is 12.2. The minimum atomic E-state index is -3.75. The SMILES string of the molecule is CCOCN(COC)S(=O)(=O)c1ccc(COC(=O)[C@@H](N)C(C)C)cc1. The lowest BCUT2D eigenvalue weighted by Crippen LogP contribution is -2.36. The predicted molar refractivity (Wildman–Crippen MR) is 96.4 cm³/mol. The molecule has 9 heteroatoms. The molecule has 0 aliphatic rings. The van der Waals surface area contributed by atoms with Crippen LogP contribution < -0.4 is 5.73 Å². The summed E-state index contributed by atoms with van der Waals surface area (Å²) >= 11 is 0. The van der Waals surface area contributed by atoms with Crippen LogP contribution in [0.5, 0.6) is 0 Å². The van der Waals surface area contributed by atoms with Crippen molar-refractivity contribution in [1.82, 2.24) is 4.31 Å². The van der Waals surface area contributed by atoms with E-state index in [1.54, 1.807) is 19.1 Å². The third-order valence-corrected chi connectivity index (χ3v) is 5.40. The number of nitrogens with two attached hydrogens (primary N) is 1. The number of carbonyl (C=O) groups excluding carboxylic acids is 1. The van der Waals surface area contributed by atoms with Crippen LogP contribution >= 0.6 is 0 Å². The molecule has 1 aromatic rings. The van der Waals surface area contributed by atoms with E-state index >= 15 is 0 Å². The molecule has 0 aliphatic heterocycles. The minimum Gasteiger partial charge on any atom is -0.460 e. The van der Waals surface area contributed by atoms with Crippen LogP contribution in [-0.2, 0) is 35.6 Å². The Morgan fingerprint density at radius 2 is 1.81 bits per heavy atom. The number of hydrogen-bond acceptors (Lipinski definition) is 7. The van der Waals surface area contributed by atoms with Crippen molar-refractivity contribution >= 4 is 16.0 Å². The smallest absolute Gasteiger partial charge is 0.323 e. The normalized spacial score (nSPS) is 13.2. The van der Waals surface area contributed by atoms with Gasteiger partial charge in [0.05, 0.1) is 4.90 Å². The van der Waals surface area contributed by atoms with Gasteiger partial charge in [-0.1, -0.05) is 26.0 Å². The highest BCUT2D eigenvalue weighted by Crippen LogP contribution is 2.17. The van der Waals surface area contributed by atoms with Crippen LogP contribution in [0, 0.1) is 5.92 Å². The van der Waals surface area contributed by atoms with Crippen LogP contribution in [0.1, 0.15) is 26.3 Å². The summed E-state index contributed by atoms with van der Waals surface area (Å²) < 4.78 is 41.6. The first-order valence-electron chi connectivity index (χ1n) is 8.32. The van der Waals surface area contributed by atoms with Gasteiger partial charge in [-0.3, -0.25) is 4.79 Å². The standard InChI is InChI=1S/C17H28N2O6S/c1-5-24-12-19(11-23-4)26(21,22)15-8-6-14(7-9-15)10-25-17(20)16(18)13(2)3/h6-9,13,16H,5,10-12,18H2,1-4H3/t16-/m0/s1. The Bertz CT molecular complexity index is 660. The number of nitrogens with zero attached hydrogens (tertiary/aromatic N) is 1. The molecule has 0 amide bonds. The number of rotatable bonds is 11. The van der Waals surface area contributed by atoms with Crippen LogP contribution in [0.15, 0.2) is 29.2 Å². The summed E-state index contributed by atoms with van der Waals surface area (Å²) in [5.41, 5.74) is 6.39. The van der Waals surface area contributed by atoms with Crippen LogP contribution in [0.4, 0.5) is 0 Å². The van der Waals surface area contributed by atoms with E-state index in [1.807, 2.05) is 13.8 Å². The zero-order valence-corrected chi connectivity index (χ0v) is 16.5. The second-order valence-electron chi connectivity index (χ2n) is 6.02. The van der Waals surface area contributed by atoms with E-state index in [2.05, 4.69) is 0 Å². The molecule has 0 radical (unpaired) electrons. The number of hydrogen-bond donors (Lipinski definition) is 1. The van der Waals surface area contributed by atoms with Crippen molar-refractivity contribution in [2.24, 2.45) is 11.7 Å². The topological polar surface area (TPSA) is 108 Å². The molecule has 8 nitrogen and oxygen atoms in total. The van der Waals surface area contributed by atoms with Crippen molar-refractivity contribution in [3.05, 3.63) is 29.8 Å².